The molecule has 0 fully saturated rings. The molecule has 12 nitrogen and oxygen atoms in total. The van der Waals surface area contributed by atoms with Crippen LogP contribution in [0, 0.1) is 0 Å². The maximum absolute atomic E-state index is 12.1. The zero-order valence-electron chi connectivity index (χ0n) is 16.1. The van der Waals surface area contributed by atoms with Crippen molar-refractivity contribution in [1.82, 2.24) is 19.6 Å². The third-order valence-corrected chi connectivity index (χ3v) is 4.74. The van der Waals surface area contributed by atoms with E-state index < -0.39 is 24.0 Å². The summed E-state index contributed by atoms with van der Waals surface area (Å²) in [4.78, 5) is 27.6. The molecule has 0 saturated carbocycles. The number of aromatic nitrogens is 4. The molecule has 2 unspecified atom stereocenters. The first-order valence-electron chi connectivity index (χ1n) is 8.91. The van der Waals surface area contributed by atoms with Gasteiger partial charge in [0, 0.05) is 33.6 Å². The van der Waals surface area contributed by atoms with Gasteiger partial charge in [0.05, 0.1) is 23.8 Å². The fraction of sp³-hybridized carbons (Fsp3) is 0.412. The Labute approximate surface area is 166 Å². The molecule has 12 heteroatoms. The molecule has 0 aromatic carbocycles. The summed E-state index contributed by atoms with van der Waals surface area (Å²) in [5.41, 5.74) is 12.6. The van der Waals surface area contributed by atoms with E-state index in [1.54, 1.807) is 19.0 Å². The van der Waals surface area contributed by atoms with E-state index >= 15 is 0 Å². The molecule has 2 atom stereocenters. The van der Waals surface area contributed by atoms with Crippen molar-refractivity contribution in [2.45, 2.75) is 18.5 Å². The number of hydrogen-bond donors (Lipinski definition) is 4. The molecule has 0 amide bonds. The molecule has 3 heterocycles. The molecule has 3 rings (SSSR count). The first-order valence-corrected chi connectivity index (χ1v) is 8.91. The Morgan fingerprint density at radius 1 is 1.03 bits per heavy atom. The van der Waals surface area contributed by atoms with Crippen LogP contribution in [0.15, 0.2) is 24.5 Å². The van der Waals surface area contributed by atoms with Crippen molar-refractivity contribution in [1.29, 1.82) is 0 Å². The molecule has 156 valence electrons. The van der Waals surface area contributed by atoms with Crippen LogP contribution in [0.1, 0.15) is 18.5 Å². The number of hydrogen-bond acceptors (Lipinski definition) is 8. The van der Waals surface area contributed by atoms with E-state index in [2.05, 4.69) is 10.2 Å². The number of rotatable bonds is 8. The van der Waals surface area contributed by atoms with Crippen LogP contribution in [0.2, 0.25) is 0 Å². The number of aliphatic carboxylic acids is 2. The SMILES string of the molecule is CN(C)c1c(N)cnn1C(CC(C(=O)O)n1ncc(N)c1N1CC=CC1)C(=O)O. The van der Waals surface area contributed by atoms with Crippen LogP contribution < -0.4 is 21.3 Å². The number of nitrogens with two attached hydrogens (primary N) is 2. The van der Waals surface area contributed by atoms with Crippen LogP contribution in [0.5, 0.6) is 0 Å². The summed E-state index contributed by atoms with van der Waals surface area (Å²) < 4.78 is 2.49. The lowest BCUT2D eigenvalue weighted by Crippen LogP contribution is -2.33. The monoisotopic (exact) mass is 404 g/mol. The Bertz CT molecular complexity index is 939. The minimum Gasteiger partial charge on any atom is -0.480 e. The fourth-order valence-electron chi connectivity index (χ4n) is 3.46. The standard InChI is InChI=1S/C17H24N8O4/c1-22(2)14-10(18)8-20-24(14)12(16(26)27)7-13(17(28)29)25-15(11(19)9-21-25)23-5-3-4-6-23/h3-4,8-9,12-13H,5-7,18-19H2,1-2H3,(H,26,27)(H,28,29). The number of carboxylic acids is 2. The molecular formula is C17H24N8O4. The van der Waals surface area contributed by atoms with Crippen LogP contribution in [-0.4, -0.2) is 68.9 Å². The summed E-state index contributed by atoms with van der Waals surface area (Å²) in [5.74, 6) is -1.63. The Morgan fingerprint density at radius 3 is 2.10 bits per heavy atom. The average Bonchev–Trinajstić information content (AvgIpc) is 3.35. The molecule has 0 saturated heterocycles. The van der Waals surface area contributed by atoms with Gasteiger partial charge in [-0.15, -0.1) is 0 Å². The lowest BCUT2D eigenvalue weighted by molar-refractivity contribution is -0.144. The van der Waals surface area contributed by atoms with Gasteiger partial charge in [-0.25, -0.2) is 19.0 Å². The van der Waals surface area contributed by atoms with E-state index in [9.17, 15) is 19.8 Å². The molecule has 0 aliphatic carbocycles. The second kappa shape index (κ2) is 7.73. The molecule has 29 heavy (non-hydrogen) atoms. The molecule has 0 spiro atoms. The highest BCUT2D eigenvalue weighted by atomic mass is 16.4. The van der Waals surface area contributed by atoms with E-state index in [1.165, 1.54) is 21.8 Å². The van der Waals surface area contributed by atoms with E-state index in [4.69, 9.17) is 11.5 Å². The second-order valence-electron chi connectivity index (χ2n) is 6.95. The Morgan fingerprint density at radius 2 is 1.55 bits per heavy atom. The highest BCUT2D eigenvalue weighted by Crippen LogP contribution is 2.34. The zero-order valence-corrected chi connectivity index (χ0v) is 16.1. The van der Waals surface area contributed by atoms with Crippen molar-refractivity contribution in [3.63, 3.8) is 0 Å². The number of nitrogen functional groups attached to an aromatic ring is 2. The highest BCUT2D eigenvalue weighted by molar-refractivity contribution is 5.78. The number of nitrogens with zero attached hydrogens (tertiary/aromatic N) is 6. The van der Waals surface area contributed by atoms with E-state index in [0.29, 0.717) is 36.1 Å². The smallest absolute Gasteiger partial charge is 0.328 e. The molecular weight excluding hydrogens is 380 g/mol. The number of carboxylic acid groups (broad SMARTS) is 2. The normalized spacial score (nSPS) is 15.4. The van der Waals surface area contributed by atoms with Crippen LogP contribution in [0.3, 0.4) is 0 Å². The van der Waals surface area contributed by atoms with E-state index in [-0.39, 0.29) is 6.42 Å². The Kier molecular flexibility index (Phi) is 5.35. The lowest BCUT2D eigenvalue weighted by Gasteiger charge is -2.26. The largest absolute Gasteiger partial charge is 0.480 e. The van der Waals surface area contributed by atoms with Crippen LogP contribution in [0.25, 0.3) is 0 Å². The van der Waals surface area contributed by atoms with Crippen molar-refractivity contribution in [2.24, 2.45) is 0 Å². The number of carbonyl (C=O) groups is 2. The zero-order chi connectivity index (χ0) is 21.3. The molecule has 1 aliphatic rings. The fourth-order valence-corrected chi connectivity index (χ4v) is 3.46. The van der Waals surface area contributed by atoms with Crippen molar-refractivity contribution >= 4 is 34.9 Å². The molecule has 2 aromatic rings. The van der Waals surface area contributed by atoms with Gasteiger partial charge in [0.25, 0.3) is 0 Å². The topological polar surface area (TPSA) is 169 Å². The van der Waals surface area contributed by atoms with Gasteiger partial charge in [-0.05, 0) is 0 Å². The molecule has 0 radical (unpaired) electrons. The summed E-state index contributed by atoms with van der Waals surface area (Å²) >= 11 is 0. The van der Waals surface area contributed by atoms with Gasteiger partial charge in [-0.2, -0.15) is 10.2 Å². The van der Waals surface area contributed by atoms with Crippen molar-refractivity contribution in [3.8, 4) is 0 Å². The predicted octanol–water partition coefficient (Wildman–Crippen LogP) is 0.0279. The van der Waals surface area contributed by atoms with Crippen LogP contribution >= 0.6 is 0 Å². The lowest BCUT2D eigenvalue weighted by atomic mass is 10.1. The van der Waals surface area contributed by atoms with E-state index in [0.717, 1.165) is 0 Å². The summed E-state index contributed by atoms with van der Waals surface area (Å²) in [5, 5.41) is 27.9. The van der Waals surface area contributed by atoms with Crippen LogP contribution in [0.4, 0.5) is 23.0 Å². The minimum atomic E-state index is -1.28. The van der Waals surface area contributed by atoms with Gasteiger partial charge in [0.1, 0.15) is 0 Å². The maximum Gasteiger partial charge on any atom is 0.328 e. The molecule has 6 N–H and O–H groups in total. The third kappa shape index (κ3) is 3.68. The van der Waals surface area contributed by atoms with Gasteiger partial charge < -0.3 is 31.5 Å². The van der Waals surface area contributed by atoms with Crippen molar-refractivity contribution in [2.75, 3.05) is 48.5 Å². The van der Waals surface area contributed by atoms with Crippen molar-refractivity contribution < 1.29 is 19.8 Å². The molecule has 2 aromatic heterocycles. The van der Waals surface area contributed by atoms with E-state index in [1.807, 2.05) is 17.1 Å². The van der Waals surface area contributed by atoms with Gasteiger partial charge in [0.2, 0.25) is 0 Å². The quantitative estimate of drug-likeness (QED) is 0.440. The minimum absolute atomic E-state index is 0.292. The summed E-state index contributed by atoms with van der Waals surface area (Å²) in [7, 11) is 3.40. The first-order chi connectivity index (χ1) is 13.7. The Hall–Kier alpha value is -3.70. The van der Waals surface area contributed by atoms with Gasteiger partial charge in [-0.3, -0.25) is 0 Å². The van der Waals surface area contributed by atoms with Crippen LogP contribution in [-0.2, 0) is 9.59 Å². The van der Waals surface area contributed by atoms with Gasteiger partial charge in [0.15, 0.2) is 23.7 Å². The molecule has 1 aliphatic heterocycles. The van der Waals surface area contributed by atoms with Gasteiger partial charge in [-0.1, -0.05) is 12.2 Å². The van der Waals surface area contributed by atoms with Crippen molar-refractivity contribution in [3.05, 3.63) is 24.5 Å². The van der Waals surface area contributed by atoms with Gasteiger partial charge >= 0.3 is 11.9 Å². The molecule has 0 bridgehead atoms. The highest BCUT2D eigenvalue weighted by Gasteiger charge is 2.35. The Balaban J connectivity index is 2.00. The first kappa shape index (κ1) is 20.0. The average molecular weight is 404 g/mol. The second-order valence-corrected chi connectivity index (χ2v) is 6.95. The summed E-state index contributed by atoms with van der Waals surface area (Å²) in [6.45, 7) is 1.12. The predicted molar refractivity (Wildman–Crippen MR) is 107 cm³/mol. The number of anilines is 4. The maximum atomic E-state index is 12.1. The summed E-state index contributed by atoms with van der Waals surface area (Å²) in [6, 6.07) is -2.55. The third-order valence-electron chi connectivity index (χ3n) is 4.74. The summed E-state index contributed by atoms with van der Waals surface area (Å²) in [6.07, 6.45) is 6.28.